The standard InChI is InChI=1S/C12H16N2O/c1-5-8-6-9-11(15-7-13-9)14-10(8)12(2,3)4/h6-7H,5H2,1-4H3. The molecular formula is C12H16N2O. The van der Waals surface area contributed by atoms with E-state index in [0.29, 0.717) is 5.71 Å². The van der Waals surface area contributed by atoms with E-state index < -0.39 is 0 Å². The quantitative estimate of drug-likeness (QED) is 0.716. The molecule has 0 radical (unpaired) electrons. The molecule has 2 aromatic heterocycles. The summed E-state index contributed by atoms with van der Waals surface area (Å²) in [6, 6.07) is 2.08. The molecule has 3 heteroatoms. The number of rotatable bonds is 1. The predicted molar refractivity (Wildman–Crippen MR) is 59.9 cm³/mol. The second-order valence-electron chi connectivity index (χ2n) is 4.78. The van der Waals surface area contributed by atoms with Crippen molar-refractivity contribution in [1.82, 2.24) is 9.97 Å². The van der Waals surface area contributed by atoms with Crippen LogP contribution in [-0.2, 0) is 11.8 Å². The van der Waals surface area contributed by atoms with E-state index in [0.717, 1.165) is 17.6 Å². The molecule has 0 aliphatic carbocycles. The molecule has 3 nitrogen and oxygen atoms in total. The van der Waals surface area contributed by atoms with Gasteiger partial charge in [0.25, 0.3) is 0 Å². The normalized spacial score (nSPS) is 12.3. The van der Waals surface area contributed by atoms with Crippen molar-refractivity contribution in [2.24, 2.45) is 0 Å². The smallest absolute Gasteiger partial charge is 0.246 e. The average molecular weight is 204 g/mol. The van der Waals surface area contributed by atoms with Gasteiger partial charge in [0, 0.05) is 5.41 Å². The highest BCUT2D eigenvalue weighted by Gasteiger charge is 2.20. The highest BCUT2D eigenvalue weighted by atomic mass is 16.3. The van der Waals surface area contributed by atoms with Crippen molar-refractivity contribution in [3.8, 4) is 0 Å². The van der Waals surface area contributed by atoms with E-state index in [1.54, 1.807) is 0 Å². The third-order valence-electron chi connectivity index (χ3n) is 2.50. The van der Waals surface area contributed by atoms with E-state index in [4.69, 9.17) is 4.42 Å². The van der Waals surface area contributed by atoms with Gasteiger partial charge in [-0.1, -0.05) is 27.7 Å². The lowest BCUT2D eigenvalue weighted by Gasteiger charge is -2.20. The van der Waals surface area contributed by atoms with Gasteiger partial charge in [-0.2, -0.15) is 0 Å². The number of hydrogen-bond donors (Lipinski definition) is 0. The Hall–Kier alpha value is -1.38. The molecule has 0 spiro atoms. The molecule has 2 rings (SSSR count). The zero-order chi connectivity index (χ0) is 11.1. The van der Waals surface area contributed by atoms with Crippen LogP contribution in [-0.4, -0.2) is 9.97 Å². The Morgan fingerprint density at radius 2 is 2.07 bits per heavy atom. The molecule has 2 heterocycles. The van der Waals surface area contributed by atoms with E-state index in [1.165, 1.54) is 12.0 Å². The lowest BCUT2D eigenvalue weighted by molar-refractivity contribution is 0.546. The van der Waals surface area contributed by atoms with Crippen molar-refractivity contribution in [1.29, 1.82) is 0 Å². The summed E-state index contributed by atoms with van der Waals surface area (Å²) in [5, 5.41) is 0. The van der Waals surface area contributed by atoms with Crippen molar-refractivity contribution >= 4 is 11.2 Å². The molecule has 0 saturated heterocycles. The summed E-state index contributed by atoms with van der Waals surface area (Å²) in [5.74, 6) is 0. The zero-order valence-corrected chi connectivity index (χ0v) is 9.66. The lowest BCUT2D eigenvalue weighted by atomic mass is 9.87. The van der Waals surface area contributed by atoms with Gasteiger partial charge in [0.2, 0.25) is 5.71 Å². The summed E-state index contributed by atoms with van der Waals surface area (Å²) in [4.78, 5) is 8.67. The molecule has 0 aliphatic rings. The molecule has 0 saturated carbocycles. The van der Waals surface area contributed by atoms with E-state index in [1.807, 2.05) is 0 Å². The highest BCUT2D eigenvalue weighted by molar-refractivity contribution is 5.69. The fraction of sp³-hybridized carbons (Fsp3) is 0.500. The lowest BCUT2D eigenvalue weighted by Crippen LogP contribution is -2.16. The Labute approximate surface area is 89.5 Å². The van der Waals surface area contributed by atoms with Gasteiger partial charge in [0.05, 0.1) is 5.69 Å². The Balaban J connectivity index is 2.70. The summed E-state index contributed by atoms with van der Waals surface area (Å²) in [6.45, 7) is 8.63. The van der Waals surface area contributed by atoms with Crippen molar-refractivity contribution in [2.75, 3.05) is 0 Å². The average Bonchev–Trinajstić information content (AvgIpc) is 2.60. The van der Waals surface area contributed by atoms with E-state index in [9.17, 15) is 0 Å². The summed E-state index contributed by atoms with van der Waals surface area (Å²) in [6.07, 6.45) is 2.42. The summed E-state index contributed by atoms with van der Waals surface area (Å²) >= 11 is 0. The third-order valence-corrected chi connectivity index (χ3v) is 2.50. The van der Waals surface area contributed by atoms with Crippen molar-refractivity contribution in [2.45, 2.75) is 39.5 Å². The number of nitrogens with zero attached hydrogens (tertiary/aromatic N) is 2. The summed E-state index contributed by atoms with van der Waals surface area (Å²) < 4.78 is 5.23. The molecule has 80 valence electrons. The van der Waals surface area contributed by atoms with Crippen LogP contribution >= 0.6 is 0 Å². The topological polar surface area (TPSA) is 38.9 Å². The molecule has 0 amide bonds. The van der Waals surface area contributed by atoms with Gasteiger partial charge in [-0.3, -0.25) is 0 Å². The van der Waals surface area contributed by atoms with Crippen LogP contribution in [0.15, 0.2) is 16.9 Å². The minimum atomic E-state index is 0.0479. The fourth-order valence-electron chi connectivity index (χ4n) is 1.76. The Morgan fingerprint density at radius 1 is 1.33 bits per heavy atom. The SMILES string of the molecule is CCc1cc2ncoc2nc1C(C)(C)C. The molecule has 0 aliphatic heterocycles. The first kappa shape index (κ1) is 10.1. The predicted octanol–water partition coefficient (Wildman–Crippen LogP) is 3.08. The summed E-state index contributed by atoms with van der Waals surface area (Å²) in [7, 11) is 0. The molecule has 0 unspecified atom stereocenters. The number of fused-ring (bicyclic) bond motifs is 1. The first-order valence-electron chi connectivity index (χ1n) is 5.26. The maximum atomic E-state index is 5.23. The van der Waals surface area contributed by atoms with Crippen LogP contribution in [0.5, 0.6) is 0 Å². The number of aromatic nitrogens is 2. The Kier molecular flexibility index (Phi) is 2.25. The number of hydrogen-bond acceptors (Lipinski definition) is 3. The van der Waals surface area contributed by atoms with Crippen LogP contribution in [0.1, 0.15) is 39.0 Å². The summed E-state index contributed by atoms with van der Waals surface area (Å²) in [5.41, 5.74) is 3.89. The van der Waals surface area contributed by atoms with Crippen molar-refractivity contribution < 1.29 is 4.42 Å². The van der Waals surface area contributed by atoms with Crippen molar-refractivity contribution in [3.63, 3.8) is 0 Å². The Bertz CT molecular complexity index is 480. The van der Waals surface area contributed by atoms with E-state index in [2.05, 4.69) is 43.7 Å². The van der Waals surface area contributed by atoms with Crippen LogP contribution in [0.3, 0.4) is 0 Å². The van der Waals surface area contributed by atoms with E-state index >= 15 is 0 Å². The molecule has 2 aromatic rings. The maximum Gasteiger partial charge on any atom is 0.246 e. The molecular weight excluding hydrogens is 188 g/mol. The Morgan fingerprint density at radius 3 is 2.67 bits per heavy atom. The first-order valence-corrected chi connectivity index (χ1v) is 5.26. The van der Waals surface area contributed by atoms with Gasteiger partial charge in [0.1, 0.15) is 5.52 Å². The van der Waals surface area contributed by atoms with Gasteiger partial charge < -0.3 is 4.42 Å². The van der Waals surface area contributed by atoms with Crippen LogP contribution in [0.25, 0.3) is 11.2 Å². The van der Waals surface area contributed by atoms with Gasteiger partial charge in [-0.15, -0.1) is 0 Å². The molecule has 0 atom stereocenters. The number of pyridine rings is 1. The van der Waals surface area contributed by atoms with Crippen molar-refractivity contribution in [3.05, 3.63) is 23.7 Å². The molecule has 0 N–H and O–H groups in total. The first-order chi connectivity index (χ1) is 7.02. The highest BCUT2D eigenvalue weighted by Crippen LogP contribution is 2.26. The zero-order valence-electron chi connectivity index (χ0n) is 9.66. The van der Waals surface area contributed by atoms with Crippen LogP contribution in [0, 0.1) is 0 Å². The monoisotopic (exact) mass is 204 g/mol. The molecule has 15 heavy (non-hydrogen) atoms. The van der Waals surface area contributed by atoms with Crippen LogP contribution in [0.4, 0.5) is 0 Å². The van der Waals surface area contributed by atoms with Gasteiger partial charge in [0.15, 0.2) is 6.39 Å². The molecule has 0 aromatic carbocycles. The fourth-order valence-corrected chi connectivity index (χ4v) is 1.76. The number of oxazole rings is 1. The minimum absolute atomic E-state index is 0.0479. The second-order valence-corrected chi connectivity index (χ2v) is 4.78. The van der Waals surface area contributed by atoms with Gasteiger partial charge in [-0.25, -0.2) is 9.97 Å². The van der Waals surface area contributed by atoms with Gasteiger partial charge in [-0.05, 0) is 18.1 Å². The third kappa shape index (κ3) is 1.74. The van der Waals surface area contributed by atoms with Gasteiger partial charge >= 0.3 is 0 Å². The van der Waals surface area contributed by atoms with E-state index in [-0.39, 0.29) is 5.41 Å². The molecule has 0 fully saturated rings. The molecule has 0 bridgehead atoms. The second kappa shape index (κ2) is 3.33. The van der Waals surface area contributed by atoms with Crippen LogP contribution < -0.4 is 0 Å². The largest absolute Gasteiger partial charge is 0.425 e. The minimum Gasteiger partial charge on any atom is -0.425 e. The maximum absolute atomic E-state index is 5.23. The number of aryl methyl sites for hydroxylation is 1. The van der Waals surface area contributed by atoms with Crippen LogP contribution in [0.2, 0.25) is 0 Å².